The maximum atomic E-state index is 13.6. The Morgan fingerprint density at radius 1 is 1.04 bits per heavy atom. The first-order chi connectivity index (χ1) is 12.0. The van der Waals surface area contributed by atoms with Crippen molar-refractivity contribution in [3.63, 3.8) is 0 Å². The number of aliphatic hydroxyl groups excluding tert-OH is 1. The summed E-state index contributed by atoms with van der Waals surface area (Å²) in [5.41, 5.74) is 0.745. The number of hydrogen-bond donors (Lipinski definition) is 1. The van der Waals surface area contributed by atoms with E-state index < -0.39 is 0 Å². The van der Waals surface area contributed by atoms with E-state index in [1.54, 1.807) is 0 Å². The van der Waals surface area contributed by atoms with Gasteiger partial charge in [0.2, 0.25) is 5.91 Å². The first-order valence-electron chi connectivity index (χ1n) is 9.76. The predicted molar refractivity (Wildman–Crippen MR) is 92.2 cm³/mol. The standard InChI is InChI=1S/C21H26FNO2/c22-18-3-1-13(2-4-18)10-21(20(25)23-11-19(24)12-23)16-6-14-5-15(8-16)9-17(21)7-14/h1-4,14-17,19,24H,5-12H2. The van der Waals surface area contributed by atoms with E-state index in [0.717, 1.165) is 23.8 Å². The fourth-order valence-corrected chi connectivity index (χ4v) is 6.59. The van der Waals surface area contributed by atoms with E-state index >= 15 is 0 Å². The fourth-order valence-electron chi connectivity index (χ4n) is 6.59. The quantitative estimate of drug-likeness (QED) is 0.916. The lowest BCUT2D eigenvalue weighted by Crippen LogP contribution is -2.65. The number of aliphatic hydroxyl groups is 1. The number of nitrogens with zero attached hydrogens (tertiary/aromatic N) is 1. The first kappa shape index (κ1) is 15.8. The van der Waals surface area contributed by atoms with Gasteiger partial charge in [0.05, 0.1) is 11.5 Å². The maximum Gasteiger partial charge on any atom is 0.229 e. The van der Waals surface area contributed by atoms with Gasteiger partial charge >= 0.3 is 0 Å². The van der Waals surface area contributed by atoms with Gasteiger partial charge in [-0.2, -0.15) is 0 Å². The zero-order chi connectivity index (χ0) is 17.2. The van der Waals surface area contributed by atoms with Gasteiger partial charge < -0.3 is 10.0 Å². The molecule has 1 aromatic rings. The molecule has 134 valence electrons. The average Bonchev–Trinajstić information content (AvgIpc) is 2.56. The van der Waals surface area contributed by atoms with Gasteiger partial charge in [0, 0.05) is 13.1 Å². The topological polar surface area (TPSA) is 40.5 Å². The number of rotatable bonds is 3. The van der Waals surface area contributed by atoms with Gasteiger partial charge in [0.1, 0.15) is 5.82 Å². The summed E-state index contributed by atoms with van der Waals surface area (Å²) >= 11 is 0. The van der Waals surface area contributed by atoms with Crippen LogP contribution in [0.2, 0.25) is 0 Å². The highest BCUT2D eigenvalue weighted by atomic mass is 19.1. The predicted octanol–water partition coefficient (Wildman–Crippen LogP) is 3.01. The molecule has 5 aliphatic rings. The number of benzene rings is 1. The molecule has 3 nitrogen and oxygen atoms in total. The zero-order valence-corrected chi connectivity index (χ0v) is 14.5. The van der Waals surface area contributed by atoms with Gasteiger partial charge in [0.15, 0.2) is 0 Å². The molecule has 25 heavy (non-hydrogen) atoms. The molecule has 1 aromatic carbocycles. The molecular weight excluding hydrogens is 317 g/mol. The Labute approximate surface area is 148 Å². The minimum atomic E-state index is -0.358. The lowest BCUT2D eigenvalue weighted by atomic mass is 9.43. The van der Waals surface area contributed by atoms with Crippen molar-refractivity contribution in [3.8, 4) is 0 Å². The minimum Gasteiger partial charge on any atom is -0.389 e. The summed E-state index contributed by atoms with van der Waals surface area (Å²) in [5, 5.41) is 9.69. The fraction of sp³-hybridized carbons (Fsp3) is 0.667. The molecule has 1 N–H and O–H groups in total. The Morgan fingerprint density at radius 3 is 2.12 bits per heavy atom. The Balaban J connectivity index is 1.51. The van der Waals surface area contributed by atoms with Crippen LogP contribution in [-0.4, -0.2) is 35.1 Å². The number of likely N-dealkylation sites (tertiary alicyclic amines) is 1. The third kappa shape index (κ3) is 2.37. The average molecular weight is 343 g/mol. The summed E-state index contributed by atoms with van der Waals surface area (Å²) in [6.07, 6.45) is 6.44. The first-order valence-corrected chi connectivity index (χ1v) is 9.76. The Bertz CT molecular complexity index is 652. The van der Waals surface area contributed by atoms with Crippen molar-refractivity contribution in [2.45, 2.75) is 44.6 Å². The van der Waals surface area contributed by atoms with Gasteiger partial charge in [-0.1, -0.05) is 12.1 Å². The maximum absolute atomic E-state index is 13.6. The summed E-state index contributed by atoms with van der Waals surface area (Å²) < 4.78 is 13.3. The Morgan fingerprint density at radius 2 is 1.60 bits per heavy atom. The number of hydrogen-bond acceptors (Lipinski definition) is 2. The molecule has 4 aliphatic carbocycles. The number of β-amino-alcohol motifs (C(OH)–C–C–N with tert-alkyl or cyclic N) is 1. The summed E-state index contributed by atoms with van der Waals surface area (Å²) in [6, 6.07) is 6.72. The molecule has 1 amide bonds. The molecule has 4 heteroatoms. The van der Waals surface area contributed by atoms with E-state index in [1.165, 1.54) is 44.2 Å². The lowest BCUT2D eigenvalue weighted by molar-refractivity contribution is -0.179. The van der Waals surface area contributed by atoms with Gasteiger partial charge in [-0.25, -0.2) is 4.39 Å². The van der Waals surface area contributed by atoms with Crippen LogP contribution in [0.3, 0.4) is 0 Å². The van der Waals surface area contributed by atoms with E-state index in [4.69, 9.17) is 0 Å². The Hall–Kier alpha value is -1.42. The van der Waals surface area contributed by atoms with Crippen molar-refractivity contribution in [1.82, 2.24) is 4.90 Å². The monoisotopic (exact) mass is 343 g/mol. The van der Waals surface area contributed by atoms with Gasteiger partial charge in [-0.3, -0.25) is 4.79 Å². The van der Waals surface area contributed by atoms with Crippen LogP contribution in [0.15, 0.2) is 24.3 Å². The van der Waals surface area contributed by atoms with Crippen LogP contribution in [0.5, 0.6) is 0 Å². The molecule has 5 fully saturated rings. The highest BCUT2D eigenvalue weighted by molar-refractivity contribution is 5.85. The molecule has 6 rings (SSSR count). The smallest absolute Gasteiger partial charge is 0.229 e. The van der Waals surface area contributed by atoms with Crippen molar-refractivity contribution >= 4 is 5.91 Å². The van der Waals surface area contributed by atoms with Crippen molar-refractivity contribution in [2.24, 2.45) is 29.1 Å². The summed E-state index contributed by atoms with van der Waals surface area (Å²) in [5.74, 6) is 2.56. The molecule has 0 radical (unpaired) electrons. The van der Waals surface area contributed by atoms with Gasteiger partial charge in [-0.15, -0.1) is 0 Å². The van der Waals surface area contributed by atoms with Crippen LogP contribution in [-0.2, 0) is 11.2 Å². The van der Waals surface area contributed by atoms with E-state index in [9.17, 15) is 14.3 Å². The zero-order valence-electron chi connectivity index (χ0n) is 14.5. The normalized spacial score (nSPS) is 39.5. The molecule has 0 aromatic heterocycles. The number of halogens is 1. The van der Waals surface area contributed by atoms with Crippen LogP contribution >= 0.6 is 0 Å². The summed E-state index contributed by atoms with van der Waals surface area (Å²) in [4.78, 5) is 15.5. The molecular formula is C21H26FNO2. The van der Waals surface area contributed by atoms with E-state index in [2.05, 4.69) is 0 Å². The second kappa shape index (κ2) is 5.54. The molecule has 0 unspecified atom stereocenters. The Kier molecular flexibility index (Phi) is 3.50. The summed E-state index contributed by atoms with van der Waals surface area (Å²) in [6.45, 7) is 0.965. The van der Waals surface area contributed by atoms with Gasteiger partial charge in [-0.05, 0) is 79.9 Å². The van der Waals surface area contributed by atoms with E-state index in [1.807, 2.05) is 17.0 Å². The molecule has 0 spiro atoms. The second-order valence-corrected chi connectivity index (χ2v) is 9.01. The van der Waals surface area contributed by atoms with Crippen LogP contribution in [0, 0.1) is 34.9 Å². The van der Waals surface area contributed by atoms with E-state index in [-0.39, 0.29) is 23.2 Å². The largest absolute Gasteiger partial charge is 0.389 e. The van der Waals surface area contributed by atoms with Crippen LogP contribution in [0.1, 0.15) is 37.7 Å². The van der Waals surface area contributed by atoms with Crippen molar-refractivity contribution in [3.05, 3.63) is 35.6 Å². The highest BCUT2D eigenvalue weighted by Crippen LogP contribution is 2.64. The molecule has 4 saturated carbocycles. The highest BCUT2D eigenvalue weighted by Gasteiger charge is 2.62. The number of carbonyl (C=O) groups is 1. The molecule has 1 saturated heterocycles. The van der Waals surface area contributed by atoms with Crippen LogP contribution < -0.4 is 0 Å². The molecule has 1 aliphatic heterocycles. The lowest BCUT2D eigenvalue weighted by Gasteiger charge is -2.62. The number of amides is 1. The molecule has 1 heterocycles. The van der Waals surface area contributed by atoms with E-state index in [0.29, 0.717) is 24.9 Å². The molecule has 0 atom stereocenters. The van der Waals surface area contributed by atoms with Crippen LogP contribution in [0.4, 0.5) is 4.39 Å². The third-order valence-electron chi connectivity index (χ3n) is 7.55. The number of carbonyl (C=O) groups excluding carboxylic acids is 1. The van der Waals surface area contributed by atoms with Gasteiger partial charge in [0.25, 0.3) is 0 Å². The third-order valence-corrected chi connectivity index (χ3v) is 7.55. The summed E-state index contributed by atoms with van der Waals surface area (Å²) in [7, 11) is 0. The minimum absolute atomic E-state index is 0.222. The second-order valence-electron chi connectivity index (χ2n) is 9.01. The molecule has 4 bridgehead atoms. The van der Waals surface area contributed by atoms with Crippen molar-refractivity contribution in [2.75, 3.05) is 13.1 Å². The SMILES string of the molecule is O=C(N1CC(O)C1)C1(Cc2ccc(F)cc2)C2CC3CC(C2)CC1C3. The van der Waals surface area contributed by atoms with Crippen LogP contribution in [0.25, 0.3) is 0 Å². The van der Waals surface area contributed by atoms with Crippen molar-refractivity contribution in [1.29, 1.82) is 0 Å². The van der Waals surface area contributed by atoms with Crippen molar-refractivity contribution < 1.29 is 14.3 Å².